The van der Waals surface area contributed by atoms with Gasteiger partial charge in [0.05, 0.1) is 10.7 Å². The number of nitrogens with one attached hydrogen (secondary N) is 1. The van der Waals surface area contributed by atoms with Crippen molar-refractivity contribution in [2.75, 3.05) is 7.11 Å². The van der Waals surface area contributed by atoms with Crippen LogP contribution in [-0.4, -0.2) is 24.1 Å². The molecule has 0 fully saturated rings. The lowest BCUT2D eigenvalue weighted by Crippen LogP contribution is -2.27. The molecule has 3 aromatic rings. The third kappa shape index (κ3) is 6.24. The molecule has 0 atom stereocenters. The molecule has 0 bridgehead atoms. The van der Waals surface area contributed by atoms with E-state index in [0.29, 0.717) is 31.2 Å². The Morgan fingerprint density at radius 3 is 2.50 bits per heavy atom. The zero-order valence-corrected chi connectivity index (χ0v) is 19.9. The Hall–Kier alpha value is -3.04. The number of ether oxygens (including phenoxy) is 2. The molecule has 3 aromatic carbocycles. The van der Waals surface area contributed by atoms with E-state index in [1.807, 2.05) is 18.2 Å². The minimum absolute atomic E-state index is 0.260. The Morgan fingerprint density at radius 2 is 1.84 bits per heavy atom. The summed E-state index contributed by atoms with van der Waals surface area (Å²) >= 11 is 8.11. The summed E-state index contributed by atoms with van der Waals surface area (Å²) in [6.07, 6.45) is 1.37. The van der Waals surface area contributed by atoms with E-state index >= 15 is 0 Å². The first-order chi connectivity index (χ1) is 15.4. The van der Waals surface area contributed by atoms with Crippen LogP contribution in [-0.2, 0) is 11.4 Å². The molecule has 6 nitrogen and oxygen atoms in total. The summed E-state index contributed by atoms with van der Waals surface area (Å²) in [4.78, 5) is 24.1. The van der Waals surface area contributed by atoms with E-state index in [-0.39, 0.29) is 12.3 Å². The highest BCUT2D eigenvalue weighted by atomic mass is 127. The van der Waals surface area contributed by atoms with Gasteiger partial charge in [-0.05, 0) is 76.2 Å². The van der Waals surface area contributed by atoms with Crippen molar-refractivity contribution < 1.29 is 24.2 Å². The van der Waals surface area contributed by atoms with Crippen LogP contribution in [0.2, 0.25) is 5.02 Å². The van der Waals surface area contributed by atoms with Crippen LogP contribution in [0.25, 0.3) is 6.08 Å². The quantitative estimate of drug-likeness (QED) is 0.284. The minimum Gasteiger partial charge on any atom is -0.493 e. The fraction of sp³-hybridized carbons (Fsp3) is 0.0833. The summed E-state index contributed by atoms with van der Waals surface area (Å²) < 4.78 is 12.1. The number of amides is 1. The van der Waals surface area contributed by atoms with Gasteiger partial charge in [0, 0.05) is 10.6 Å². The van der Waals surface area contributed by atoms with Gasteiger partial charge < -0.3 is 19.9 Å². The average molecular weight is 564 g/mol. The van der Waals surface area contributed by atoms with Crippen molar-refractivity contribution in [1.82, 2.24) is 5.32 Å². The first-order valence-corrected chi connectivity index (χ1v) is 10.9. The molecule has 0 unspecified atom stereocenters. The number of hydrogen-bond donors (Lipinski definition) is 2. The maximum Gasteiger partial charge on any atom is 0.352 e. The number of aliphatic carboxylic acids is 1. The van der Waals surface area contributed by atoms with Crippen molar-refractivity contribution in [2.45, 2.75) is 6.61 Å². The molecular weight excluding hydrogens is 545 g/mol. The van der Waals surface area contributed by atoms with E-state index in [0.717, 1.165) is 5.56 Å². The average Bonchev–Trinajstić information content (AvgIpc) is 2.78. The molecule has 32 heavy (non-hydrogen) atoms. The van der Waals surface area contributed by atoms with Gasteiger partial charge in [0.1, 0.15) is 12.3 Å². The number of hydrogen-bond acceptors (Lipinski definition) is 4. The van der Waals surface area contributed by atoms with Crippen LogP contribution in [0.15, 0.2) is 72.4 Å². The number of carbonyl (C=O) groups excluding carboxylic acids is 1. The molecule has 0 radical (unpaired) electrons. The third-order valence-corrected chi connectivity index (χ3v) is 5.39. The van der Waals surface area contributed by atoms with Gasteiger partial charge in [0.15, 0.2) is 11.5 Å². The summed E-state index contributed by atoms with van der Waals surface area (Å²) in [7, 11) is 1.50. The molecule has 0 saturated carbocycles. The summed E-state index contributed by atoms with van der Waals surface area (Å²) in [5.74, 6) is -0.813. The van der Waals surface area contributed by atoms with Crippen LogP contribution < -0.4 is 14.8 Å². The number of carboxylic acid groups (broad SMARTS) is 1. The van der Waals surface area contributed by atoms with E-state index in [1.54, 1.807) is 48.5 Å². The van der Waals surface area contributed by atoms with Gasteiger partial charge in [-0.2, -0.15) is 0 Å². The third-order valence-electron chi connectivity index (χ3n) is 4.35. The largest absolute Gasteiger partial charge is 0.493 e. The lowest BCUT2D eigenvalue weighted by molar-refractivity contribution is -0.132. The highest BCUT2D eigenvalue weighted by Gasteiger charge is 2.16. The Bertz CT molecular complexity index is 1160. The zero-order chi connectivity index (χ0) is 23.1. The van der Waals surface area contributed by atoms with Gasteiger partial charge in [0.2, 0.25) is 0 Å². The van der Waals surface area contributed by atoms with Gasteiger partial charge >= 0.3 is 5.97 Å². The number of benzene rings is 3. The summed E-state index contributed by atoms with van der Waals surface area (Å²) in [5.41, 5.74) is 1.53. The van der Waals surface area contributed by atoms with Gasteiger partial charge in [-0.25, -0.2) is 4.79 Å². The topological polar surface area (TPSA) is 84.9 Å². The van der Waals surface area contributed by atoms with Crippen LogP contribution in [0, 0.1) is 3.57 Å². The molecular formula is C24H19ClINO5. The molecule has 0 spiro atoms. The Labute approximate surface area is 204 Å². The van der Waals surface area contributed by atoms with Gasteiger partial charge in [0.25, 0.3) is 5.91 Å². The van der Waals surface area contributed by atoms with Crippen LogP contribution in [0.1, 0.15) is 21.5 Å². The van der Waals surface area contributed by atoms with Crippen LogP contribution in [0.5, 0.6) is 11.5 Å². The second-order valence-corrected chi connectivity index (χ2v) is 8.23. The number of carboxylic acids is 1. The predicted molar refractivity (Wildman–Crippen MR) is 131 cm³/mol. The van der Waals surface area contributed by atoms with Crippen LogP contribution >= 0.6 is 34.2 Å². The molecule has 1 amide bonds. The number of halogens is 2. The van der Waals surface area contributed by atoms with E-state index in [1.165, 1.54) is 13.2 Å². The summed E-state index contributed by atoms with van der Waals surface area (Å²) in [5, 5.41) is 12.6. The fourth-order valence-corrected chi connectivity index (χ4v) is 3.84. The van der Waals surface area contributed by atoms with Crippen LogP contribution in [0.3, 0.4) is 0 Å². The normalized spacial score (nSPS) is 11.0. The van der Waals surface area contributed by atoms with Crippen molar-refractivity contribution >= 4 is 52.1 Å². The molecule has 0 aliphatic rings. The predicted octanol–water partition coefficient (Wildman–Crippen LogP) is 5.39. The Balaban J connectivity index is 1.84. The monoisotopic (exact) mass is 563 g/mol. The second kappa shape index (κ2) is 11.0. The summed E-state index contributed by atoms with van der Waals surface area (Å²) in [6.45, 7) is 0.287. The first kappa shape index (κ1) is 23.6. The highest BCUT2D eigenvalue weighted by Crippen LogP contribution is 2.35. The van der Waals surface area contributed by atoms with E-state index in [2.05, 4.69) is 27.9 Å². The van der Waals surface area contributed by atoms with Gasteiger partial charge in [-0.3, -0.25) is 4.79 Å². The molecule has 0 saturated heterocycles. The maximum absolute atomic E-state index is 12.4. The molecule has 3 rings (SSSR count). The molecule has 0 aliphatic carbocycles. The lowest BCUT2D eigenvalue weighted by atomic mass is 10.1. The van der Waals surface area contributed by atoms with Crippen molar-refractivity contribution in [3.05, 3.63) is 97.7 Å². The minimum atomic E-state index is -1.26. The maximum atomic E-state index is 12.4. The van der Waals surface area contributed by atoms with Gasteiger partial charge in [-0.1, -0.05) is 41.9 Å². The van der Waals surface area contributed by atoms with E-state index < -0.39 is 11.9 Å². The number of methoxy groups -OCH3 is 1. The highest BCUT2D eigenvalue weighted by molar-refractivity contribution is 14.1. The Kier molecular flexibility index (Phi) is 8.13. The molecule has 0 heterocycles. The SMILES string of the molecule is COc1cc(/C=C(/NC(=O)c2ccccc2)C(=O)O)cc(I)c1OCc1cccc(Cl)c1. The fourth-order valence-electron chi connectivity index (χ4n) is 2.85. The number of rotatable bonds is 8. The Morgan fingerprint density at radius 1 is 1.09 bits per heavy atom. The molecule has 164 valence electrons. The standard InChI is InChI=1S/C24H19ClINO5/c1-31-21-13-16(11-19(26)22(21)32-14-15-6-5-9-18(25)10-15)12-20(24(29)30)27-23(28)17-7-3-2-4-8-17/h2-13H,14H2,1H3,(H,27,28)(H,29,30)/b20-12+. The smallest absolute Gasteiger partial charge is 0.352 e. The van der Waals surface area contributed by atoms with Crippen molar-refractivity contribution in [3.8, 4) is 11.5 Å². The van der Waals surface area contributed by atoms with Gasteiger partial charge in [-0.15, -0.1) is 0 Å². The molecule has 0 aliphatic heterocycles. The van der Waals surface area contributed by atoms with Crippen LogP contribution in [0.4, 0.5) is 0 Å². The summed E-state index contributed by atoms with van der Waals surface area (Å²) in [6, 6.07) is 19.1. The lowest BCUT2D eigenvalue weighted by Gasteiger charge is -2.14. The molecule has 8 heteroatoms. The van der Waals surface area contributed by atoms with Crippen molar-refractivity contribution in [1.29, 1.82) is 0 Å². The zero-order valence-electron chi connectivity index (χ0n) is 17.0. The van der Waals surface area contributed by atoms with E-state index in [9.17, 15) is 14.7 Å². The van der Waals surface area contributed by atoms with Crippen molar-refractivity contribution in [3.63, 3.8) is 0 Å². The second-order valence-electron chi connectivity index (χ2n) is 6.64. The number of carbonyl (C=O) groups is 2. The molecule has 2 N–H and O–H groups in total. The van der Waals surface area contributed by atoms with Crippen molar-refractivity contribution in [2.24, 2.45) is 0 Å². The first-order valence-electron chi connectivity index (χ1n) is 9.43. The molecule has 0 aromatic heterocycles. The van der Waals surface area contributed by atoms with E-state index in [4.69, 9.17) is 21.1 Å².